The van der Waals surface area contributed by atoms with E-state index in [1.165, 1.54) is 43.6 Å². The molecular weight excluding hydrogens is 784 g/mol. The fourth-order valence-electron chi connectivity index (χ4n) is 5.54. The lowest BCUT2D eigenvalue weighted by molar-refractivity contribution is -0.153. The van der Waals surface area contributed by atoms with E-state index in [0.29, 0.717) is 16.6 Å². The van der Waals surface area contributed by atoms with Crippen molar-refractivity contribution in [2.75, 3.05) is 32.7 Å². The van der Waals surface area contributed by atoms with Gasteiger partial charge in [-0.3, -0.25) is 4.98 Å². The molecule has 0 saturated heterocycles. The molecule has 0 fully saturated rings. The van der Waals surface area contributed by atoms with Crippen LogP contribution in [-0.4, -0.2) is 75.6 Å². The lowest BCUT2D eigenvalue weighted by Gasteiger charge is -2.20. The molecule has 0 aliphatic carbocycles. The number of hydrogen-bond acceptors (Lipinski definition) is 12. The van der Waals surface area contributed by atoms with Gasteiger partial charge < -0.3 is 18.9 Å². The summed E-state index contributed by atoms with van der Waals surface area (Å²) in [4.78, 5) is 21.4. The number of para-hydroxylation sites is 2. The summed E-state index contributed by atoms with van der Waals surface area (Å²) in [6.07, 6.45) is -3.32. The Morgan fingerprint density at radius 2 is 1.67 bits per heavy atom. The second kappa shape index (κ2) is 16.9. The monoisotopic (exact) mass is 821 g/mol. The number of benzene rings is 3. The molecule has 0 aliphatic heterocycles. The van der Waals surface area contributed by atoms with E-state index < -0.39 is 51.0 Å². The van der Waals surface area contributed by atoms with Crippen LogP contribution >= 0.6 is 11.8 Å². The summed E-state index contributed by atoms with van der Waals surface area (Å²) in [6.45, 7) is 4.54. The SMILES string of the molecule is COc1c(OCC(F)(F)F)ccnc1CSc1nc2ccccc2n1S(=O)(=O)c1c(C)cc(OCC(=O)OCCS(=O)(=O)c2ccc(C)cc2)cc1C(C)C. The maximum absolute atomic E-state index is 14.7. The number of alkyl halides is 3. The number of hydrogen-bond donors (Lipinski definition) is 0. The van der Waals surface area contributed by atoms with E-state index in [0.717, 1.165) is 21.3 Å². The van der Waals surface area contributed by atoms with Crippen molar-refractivity contribution >= 4 is 48.6 Å². The highest BCUT2D eigenvalue weighted by atomic mass is 32.2. The minimum Gasteiger partial charge on any atom is -0.491 e. The highest BCUT2D eigenvalue weighted by Crippen LogP contribution is 2.39. The minimum absolute atomic E-state index is 0.0120. The van der Waals surface area contributed by atoms with Gasteiger partial charge in [0, 0.05) is 18.0 Å². The molecule has 5 rings (SSSR count). The number of carbonyl (C=O) groups is 1. The van der Waals surface area contributed by atoms with E-state index in [2.05, 4.69) is 9.97 Å². The van der Waals surface area contributed by atoms with Crippen molar-refractivity contribution in [1.82, 2.24) is 13.9 Å². The number of rotatable bonds is 16. The Balaban J connectivity index is 1.38. The van der Waals surface area contributed by atoms with E-state index in [1.54, 1.807) is 57.2 Å². The van der Waals surface area contributed by atoms with Crippen molar-refractivity contribution in [2.24, 2.45) is 0 Å². The zero-order valence-electron chi connectivity index (χ0n) is 30.4. The molecule has 5 aromatic rings. The molecule has 0 radical (unpaired) electrons. The van der Waals surface area contributed by atoms with Crippen molar-refractivity contribution < 1.29 is 53.7 Å². The van der Waals surface area contributed by atoms with Crippen LogP contribution in [0.2, 0.25) is 0 Å². The number of halogens is 3. The number of fused-ring (bicyclic) bond motifs is 1. The summed E-state index contributed by atoms with van der Waals surface area (Å²) in [5, 5.41) is 0.0632. The third-order valence-electron chi connectivity index (χ3n) is 8.12. The Morgan fingerprint density at radius 1 is 0.964 bits per heavy atom. The number of imidazole rings is 1. The van der Waals surface area contributed by atoms with Gasteiger partial charge in [0.05, 0.1) is 39.4 Å². The smallest absolute Gasteiger partial charge is 0.422 e. The number of esters is 1. The summed E-state index contributed by atoms with van der Waals surface area (Å²) in [7, 11) is -6.80. The van der Waals surface area contributed by atoms with Gasteiger partial charge in [0.2, 0.25) is 0 Å². The van der Waals surface area contributed by atoms with Gasteiger partial charge in [-0.1, -0.05) is 55.4 Å². The maximum atomic E-state index is 14.7. The van der Waals surface area contributed by atoms with E-state index in [1.807, 2.05) is 6.92 Å². The van der Waals surface area contributed by atoms with Crippen molar-refractivity contribution in [3.05, 3.63) is 95.3 Å². The first-order chi connectivity index (χ1) is 25.9. The molecule has 0 unspecified atom stereocenters. The Hall–Kier alpha value is -4.81. The molecule has 0 bridgehead atoms. The molecule has 294 valence electrons. The number of thioether (sulfide) groups is 1. The molecule has 0 atom stereocenters. The van der Waals surface area contributed by atoms with Crippen molar-refractivity contribution in [2.45, 2.75) is 60.5 Å². The zero-order valence-corrected chi connectivity index (χ0v) is 32.9. The van der Waals surface area contributed by atoms with Gasteiger partial charge in [-0.15, -0.1) is 0 Å². The lowest BCUT2D eigenvalue weighted by atomic mass is 10.0. The third-order valence-corrected chi connectivity index (χ3v) is 12.8. The zero-order chi connectivity index (χ0) is 40.1. The van der Waals surface area contributed by atoms with Gasteiger partial charge in [0.15, 0.2) is 39.7 Å². The van der Waals surface area contributed by atoms with Gasteiger partial charge in [-0.05, 0) is 67.3 Å². The Kier molecular flexibility index (Phi) is 12.7. The van der Waals surface area contributed by atoms with E-state index in [9.17, 15) is 34.8 Å². The largest absolute Gasteiger partial charge is 0.491 e. The molecule has 2 aromatic heterocycles. The Morgan fingerprint density at radius 3 is 2.35 bits per heavy atom. The molecule has 0 amide bonds. The summed E-state index contributed by atoms with van der Waals surface area (Å²) in [5.74, 6) is -1.62. The molecule has 18 heteroatoms. The molecule has 0 N–H and O–H groups in total. The first-order valence-corrected chi connectivity index (χ1v) is 20.8. The standard InChI is InChI=1S/C37H38F3N3O9S3/c1-23(2)28-19-26(51-20-33(44)50-16-17-54(45,46)27-12-10-24(3)11-13-27)18-25(4)35(28)55(47,48)43-31-9-7-6-8-29(31)42-36(43)53-21-30-34(49-5)32(14-15-41-30)52-22-37(38,39)40/h6-15,18-19,23H,16-17,20-22H2,1-5H3. The quantitative estimate of drug-likeness (QED) is 0.0741. The summed E-state index contributed by atoms with van der Waals surface area (Å²) in [5.41, 5.74) is 2.47. The number of carbonyl (C=O) groups excluding carboxylic acids is 1. The van der Waals surface area contributed by atoms with Crippen LogP contribution in [0.15, 0.2) is 87.9 Å². The van der Waals surface area contributed by atoms with Crippen LogP contribution in [0.1, 0.15) is 42.1 Å². The topological polar surface area (TPSA) is 153 Å². The first-order valence-electron chi connectivity index (χ1n) is 16.7. The molecule has 0 saturated carbocycles. The highest BCUT2D eigenvalue weighted by molar-refractivity contribution is 7.99. The Bertz CT molecular complexity index is 2400. The number of aromatic nitrogens is 3. The number of pyridine rings is 1. The minimum atomic E-state index is -4.58. The third kappa shape index (κ3) is 9.90. The van der Waals surface area contributed by atoms with Crippen LogP contribution < -0.4 is 14.2 Å². The van der Waals surface area contributed by atoms with Crippen LogP contribution in [0.5, 0.6) is 17.2 Å². The van der Waals surface area contributed by atoms with E-state index >= 15 is 0 Å². The molecule has 0 spiro atoms. The number of sulfone groups is 1. The average molecular weight is 822 g/mol. The average Bonchev–Trinajstić information content (AvgIpc) is 3.51. The van der Waals surface area contributed by atoms with Crippen molar-refractivity contribution in [3.63, 3.8) is 0 Å². The van der Waals surface area contributed by atoms with Gasteiger partial charge in [-0.25, -0.2) is 30.6 Å². The van der Waals surface area contributed by atoms with E-state index in [4.69, 9.17) is 18.9 Å². The molecule has 2 heterocycles. The summed E-state index contributed by atoms with van der Waals surface area (Å²) in [6, 6.07) is 17.2. The molecular formula is C37H38F3N3O9S3. The second-order valence-corrected chi connectivity index (χ2v) is 17.4. The van der Waals surface area contributed by atoms with Gasteiger partial charge >= 0.3 is 12.1 Å². The van der Waals surface area contributed by atoms with E-state index in [-0.39, 0.29) is 61.7 Å². The fourth-order valence-corrected chi connectivity index (χ4v) is 9.83. The van der Waals surface area contributed by atoms with Crippen molar-refractivity contribution in [1.29, 1.82) is 0 Å². The first kappa shape index (κ1) is 41.4. The second-order valence-electron chi connectivity index (χ2n) is 12.6. The summed E-state index contributed by atoms with van der Waals surface area (Å²) < 4.78 is 115. The molecule has 12 nitrogen and oxygen atoms in total. The molecule has 3 aromatic carbocycles. The lowest BCUT2D eigenvalue weighted by Crippen LogP contribution is -2.21. The van der Waals surface area contributed by atoms with Gasteiger partial charge in [-0.2, -0.15) is 13.2 Å². The molecule has 0 aliphatic rings. The predicted octanol–water partition coefficient (Wildman–Crippen LogP) is 7.05. The summed E-state index contributed by atoms with van der Waals surface area (Å²) >= 11 is 0.990. The normalized spacial score (nSPS) is 12.2. The number of ether oxygens (including phenoxy) is 4. The fraction of sp³-hybridized carbons (Fsp3) is 0.324. The van der Waals surface area contributed by atoms with Crippen LogP contribution in [0.3, 0.4) is 0 Å². The van der Waals surface area contributed by atoms with Crippen molar-refractivity contribution in [3.8, 4) is 17.2 Å². The number of aryl methyl sites for hydroxylation is 2. The van der Waals surface area contributed by atoms with Crippen LogP contribution in [0, 0.1) is 13.8 Å². The number of methoxy groups -OCH3 is 1. The number of nitrogens with zero attached hydrogens (tertiary/aromatic N) is 3. The van der Waals surface area contributed by atoms with Gasteiger partial charge in [0.1, 0.15) is 12.4 Å². The maximum Gasteiger partial charge on any atom is 0.422 e. The predicted molar refractivity (Wildman–Crippen MR) is 199 cm³/mol. The molecule has 55 heavy (non-hydrogen) atoms. The van der Waals surface area contributed by atoms with Crippen LogP contribution in [0.25, 0.3) is 11.0 Å². The van der Waals surface area contributed by atoms with Crippen LogP contribution in [-0.2, 0) is 35.1 Å². The highest BCUT2D eigenvalue weighted by Gasteiger charge is 2.32. The van der Waals surface area contributed by atoms with Gasteiger partial charge in [0.25, 0.3) is 10.0 Å². The Labute approximate surface area is 321 Å². The van der Waals surface area contributed by atoms with Crippen LogP contribution in [0.4, 0.5) is 13.2 Å².